The van der Waals surface area contributed by atoms with Crippen LogP contribution in [0.3, 0.4) is 0 Å². The molecule has 36 heavy (non-hydrogen) atoms. The summed E-state index contributed by atoms with van der Waals surface area (Å²) in [6, 6.07) is 11.2. The summed E-state index contributed by atoms with van der Waals surface area (Å²) in [4.78, 5) is 12.5. The van der Waals surface area contributed by atoms with Crippen molar-refractivity contribution in [3.05, 3.63) is 59.2 Å². The number of phenolic OH excluding ortho intramolecular Hbond substituents is 1. The summed E-state index contributed by atoms with van der Waals surface area (Å²) in [5.41, 5.74) is 2.70. The number of fused-ring (bicyclic) bond motifs is 5. The third-order valence-electron chi connectivity index (χ3n) is 8.73. The van der Waals surface area contributed by atoms with Gasteiger partial charge in [0.1, 0.15) is 18.5 Å². The maximum absolute atomic E-state index is 12.7. The van der Waals surface area contributed by atoms with Gasteiger partial charge in [-0.15, -0.1) is 0 Å². The van der Waals surface area contributed by atoms with Gasteiger partial charge in [0.25, 0.3) is 0 Å². The SMILES string of the molecule is CC12CCC3c4ccc(O)cc4CCC3C1CCC2OC(=O)COC(O)c1cccc(S(N)(=O)=O)c1. The molecule has 6 unspecified atom stereocenters. The number of carbonyl (C=O) groups excluding carboxylic acids is 1. The standard InChI is InChI=1S/C27H33NO7S/c1-27-12-11-21-20-8-6-18(29)13-16(20)5-7-22(21)23(27)9-10-24(27)35-25(30)15-34-26(31)17-3-2-4-19(14-17)36(28,32)33/h2-4,6,8,13-14,21-24,26,29,31H,5,7,9-12,15H2,1H3,(H2,28,32,33). The zero-order chi connectivity index (χ0) is 25.7. The molecule has 2 aromatic rings. The number of phenols is 1. The van der Waals surface area contributed by atoms with Crippen LogP contribution < -0.4 is 5.14 Å². The summed E-state index contributed by atoms with van der Waals surface area (Å²) in [5, 5.41) is 25.3. The summed E-state index contributed by atoms with van der Waals surface area (Å²) in [5.74, 6) is 1.26. The van der Waals surface area contributed by atoms with Gasteiger partial charge in [-0.25, -0.2) is 18.4 Å². The van der Waals surface area contributed by atoms with Gasteiger partial charge in [-0.2, -0.15) is 0 Å². The van der Waals surface area contributed by atoms with Gasteiger partial charge in [-0.05, 0) is 91.7 Å². The average molecular weight is 516 g/mol. The van der Waals surface area contributed by atoms with Crippen LogP contribution >= 0.6 is 0 Å². The number of rotatable bonds is 6. The van der Waals surface area contributed by atoms with E-state index in [2.05, 4.69) is 13.0 Å². The van der Waals surface area contributed by atoms with Crippen molar-refractivity contribution in [1.29, 1.82) is 0 Å². The number of benzene rings is 2. The predicted octanol–water partition coefficient (Wildman–Crippen LogP) is 3.52. The minimum atomic E-state index is -3.92. The van der Waals surface area contributed by atoms with Crippen LogP contribution in [0.2, 0.25) is 0 Å². The van der Waals surface area contributed by atoms with Crippen LogP contribution in [0, 0.1) is 17.3 Å². The Balaban J connectivity index is 1.20. The summed E-state index contributed by atoms with van der Waals surface area (Å²) in [6.07, 6.45) is 4.15. The number of ether oxygens (including phenoxy) is 2. The Labute approximate surface area is 211 Å². The van der Waals surface area contributed by atoms with E-state index in [0.717, 1.165) is 38.5 Å². The number of hydrogen-bond donors (Lipinski definition) is 3. The number of carbonyl (C=O) groups is 1. The highest BCUT2D eigenvalue weighted by molar-refractivity contribution is 7.89. The van der Waals surface area contributed by atoms with E-state index in [0.29, 0.717) is 23.5 Å². The number of hydrogen-bond acceptors (Lipinski definition) is 7. The molecule has 3 aliphatic carbocycles. The molecule has 2 fully saturated rings. The maximum atomic E-state index is 12.7. The fourth-order valence-electron chi connectivity index (χ4n) is 7.00. The molecule has 2 aromatic carbocycles. The van der Waals surface area contributed by atoms with Gasteiger partial charge in [-0.3, -0.25) is 0 Å². The number of aromatic hydroxyl groups is 1. The lowest BCUT2D eigenvalue weighted by atomic mass is 9.55. The van der Waals surface area contributed by atoms with Gasteiger partial charge in [-0.1, -0.05) is 25.1 Å². The molecule has 4 N–H and O–H groups in total. The van der Waals surface area contributed by atoms with Crippen molar-refractivity contribution in [1.82, 2.24) is 0 Å². The molecule has 0 spiro atoms. The van der Waals surface area contributed by atoms with E-state index in [1.165, 1.54) is 35.4 Å². The summed E-state index contributed by atoms with van der Waals surface area (Å²) in [6.45, 7) is 1.79. The van der Waals surface area contributed by atoms with E-state index in [1.54, 1.807) is 6.07 Å². The van der Waals surface area contributed by atoms with Crippen LogP contribution in [0.15, 0.2) is 47.4 Å². The molecule has 0 saturated heterocycles. The van der Waals surface area contributed by atoms with Gasteiger partial charge in [0, 0.05) is 11.0 Å². The second kappa shape index (κ2) is 9.45. The number of primary sulfonamides is 1. The first-order valence-electron chi connectivity index (χ1n) is 12.5. The van der Waals surface area contributed by atoms with Crippen molar-refractivity contribution in [2.24, 2.45) is 22.4 Å². The van der Waals surface area contributed by atoms with Crippen LogP contribution in [0.25, 0.3) is 0 Å². The second-order valence-electron chi connectivity index (χ2n) is 10.7. The van der Waals surface area contributed by atoms with Gasteiger partial charge in [0.05, 0.1) is 4.90 Å². The van der Waals surface area contributed by atoms with Crippen molar-refractivity contribution < 1.29 is 32.9 Å². The Morgan fingerprint density at radius 2 is 1.97 bits per heavy atom. The highest BCUT2D eigenvalue weighted by Crippen LogP contribution is 2.61. The monoisotopic (exact) mass is 515 g/mol. The normalized spacial score (nSPS) is 30.1. The Hall–Kier alpha value is -2.46. The fourth-order valence-corrected chi connectivity index (χ4v) is 7.56. The van der Waals surface area contributed by atoms with Gasteiger partial charge < -0.3 is 19.7 Å². The Bertz CT molecular complexity index is 1260. The Morgan fingerprint density at radius 3 is 2.75 bits per heavy atom. The number of aryl methyl sites for hydroxylation is 1. The molecular formula is C27H33NO7S. The highest BCUT2D eigenvalue weighted by Gasteiger charge is 2.56. The molecule has 194 valence electrons. The van der Waals surface area contributed by atoms with Crippen molar-refractivity contribution in [3.8, 4) is 5.75 Å². The molecule has 0 heterocycles. The molecular weight excluding hydrogens is 482 g/mol. The van der Waals surface area contributed by atoms with Crippen LogP contribution in [0.5, 0.6) is 5.75 Å². The van der Waals surface area contributed by atoms with Crippen molar-refractivity contribution in [2.75, 3.05) is 6.61 Å². The van der Waals surface area contributed by atoms with E-state index in [-0.39, 0.29) is 22.0 Å². The molecule has 0 amide bonds. The lowest BCUT2D eigenvalue weighted by molar-refractivity contribution is -0.175. The molecule has 5 rings (SSSR count). The van der Waals surface area contributed by atoms with E-state index in [4.69, 9.17) is 14.6 Å². The van der Waals surface area contributed by atoms with E-state index in [1.807, 2.05) is 6.07 Å². The highest BCUT2D eigenvalue weighted by atomic mass is 32.2. The molecule has 0 aromatic heterocycles. The maximum Gasteiger partial charge on any atom is 0.332 e. The van der Waals surface area contributed by atoms with Crippen molar-refractivity contribution in [3.63, 3.8) is 0 Å². The Kier molecular flexibility index (Phi) is 6.61. The van der Waals surface area contributed by atoms with Crippen LogP contribution in [0.4, 0.5) is 0 Å². The smallest absolute Gasteiger partial charge is 0.332 e. The van der Waals surface area contributed by atoms with Gasteiger partial charge in [0.2, 0.25) is 10.0 Å². The number of esters is 1. The zero-order valence-corrected chi connectivity index (χ0v) is 21.1. The molecule has 0 radical (unpaired) electrons. The number of sulfonamides is 1. The van der Waals surface area contributed by atoms with Crippen molar-refractivity contribution in [2.45, 2.75) is 68.7 Å². The summed E-state index contributed by atoms with van der Waals surface area (Å²) in [7, 11) is -3.92. The van der Waals surface area contributed by atoms with E-state index >= 15 is 0 Å². The molecule has 3 aliphatic rings. The van der Waals surface area contributed by atoms with Crippen molar-refractivity contribution >= 4 is 16.0 Å². The predicted molar refractivity (Wildman–Crippen MR) is 131 cm³/mol. The number of aliphatic hydroxyl groups excluding tert-OH is 1. The lowest BCUT2D eigenvalue weighted by Gasteiger charge is -2.50. The summed E-state index contributed by atoms with van der Waals surface area (Å²) >= 11 is 0. The van der Waals surface area contributed by atoms with Crippen LogP contribution in [0.1, 0.15) is 67.9 Å². The largest absolute Gasteiger partial charge is 0.508 e. The zero-order valence-electron chi connectivity index (χ0n) is 20.3. The molecule has 2 saturated carbocycles. The first-order chi connectivity index (χ1) is 17.1. The summed E-state index contributed by atoms with van der Waals surface area (Å²) < 4.78 is 34.3. The molecule has 0 bridgehead atoms. The molecule has 6 atom stereocenters. The third kappa shape index (κ3) is 4.65. The van der Waals surface area contributed by atoms with Gasteiger partial charge >= 0.3 is 5.97 Å². The average Bonchev–Trinajstić information content (AvgIpc) is 3.17. The third-order valence-corrected chi connectivity index (χ3v) is 9.64. The van der Waals surface area contributed by atoms with Crippen LogP contribution in [-0.2, 0) is 30.7 Å². The minimum Gasteiger partial charge on any atom is -0.508 e. The fraction of sp³-hybridized carbons (Fsp3) is 0.519. The second-order valence-corrected chi connectivity index (χ2v) is 12.2. The topological polar surface area (TPSA) is 136 Å². The molecule has 8 nitrogen and oxygen atoms in total. The van der Waals surface area contributed by atoms with E-state index < -0.39 is 28.9 Å². The lowest BCUT2D eigenvalue weighted by Crippen LogP contribution is -2.45. The first-order valence-corrected chi connectivity index (χ1v) is 14.0. The number of nitrogens with two attached hydrogens (primary N) is 1. The first kappa shape index (κ1) is 25.2. The Morgan fingerprint density at radius 1 is 1.17 bits per heavy atom. The molecule has 9 heteroatoms. The van der Waals surface area contributed by atoms with E-state index in [9.17, 15) is 23.4 Å². The van der Waals surface area contributed by atoms with Crippen LogP contribution in [-0.4, -0.2) is 37.3 Å². The van der Waals surface area contributed by atoms with Gasteiger partial charge in [0.15, 0.2) is 6.29 Å². The quantitative estimate of drug-likeness (QED) is 0.396. The molecule has 0 aliphatic heterocycles. The minimum absolute atomic E-state index is 0.103. The number of aliphatic hydroxyl groups is 1.